The van der Waals surface area contributed by atoms with E-state index in [1.165, 1.54) is 30.9 Å². The first-order valence-corrected chi connectivity index (χ1v) is 10.3. The van der Waals surface area contributed by atoms with Gasteiger partial charge in [-0.15, -0.1) is 0 Å². The van der Waals surface area contributed by atoms with Gasteiger partial charge >= 0.3 is 0 Å². The Morgan fingerprint density at radius 1 is 1.22 bits per heavy atom. The lowest BCUT2D eigenvalue weighted by Gasteiger charge is -2.12. The Morgan fingerprint density at radius 3 is 2.59 bits per heavy atom. The average molecular weight is 456 g/mol. The maximum Gasteiger partial charge on any atom is 0.257 e. The second-order valence-corrected chi connectivity index (χ2v) is 7.64. The number of nitrogens with one attached hydrogen (secondary N) is 2. The molecule has 1 aromatic heterocycles. The Kier molecular flexibility index (Phi) is 6.04. The molecule has 1 aliphatic heterocycles. The molecule has 2 N–H and O–H groups in total. The molecule has 0 fully saturated rings. The molecule has 1 atom stereocenters. The van der Waals surface area contributed by atoms with E-state index in [1.807, 2.05) is 0 Å². The van der Waals surface area contributed by atoms with E-state index in [9.17, 15) is 14.0 Å². The third-order valence-corrected chi connectivity index (χ3v) is 5.55. The maximum atomic E-state index is 13.0. The van der Waals surface area contributed by atoms with Crippen LogP contribution in [0.4, 0.5) is 10.2 Å². The van der Waals surface area contributed by atoms with Crippen LogP contribution in [0.25, 0.3) is 10.9 Å². The average Bonchev–Trinajstić information content (AvgIpc) is 3.13. The summed E-state index contributed by atoms with van der Waals surface area (Å²) in [6, 6.07) is 8.72. The fourth-order valence-corrected chi connectivity index (χ4v) is 3.89. The molecule has 32 heavy (non-hydrogen) atoms. The normalized spacial score (nSPS) is 14.7. The number of nitrogens with zero attached hydrogens (tertiary/aromatic N) is 2. The summed E-state index contributed by atoms with van der Waals surface area (Å²) in [4.78, 5) is 29.5. The molecule has 0 spiro atoms. The minimum absolute atomic E-state index is 0.125. The number of rotatable bonds is 7. The molecule has 0 saturated carbocycles. The van der Waals surface area contributed by atoms with Crippen molar-refractivity contribution in [2.75, 3.05) is 19.5 Å². The minimum atomic E-state index is -0.617. The first-order valence-electron chi connectivity index (χ1n) is 9.92. The molecule has 2 aromatic carbocycles. The van der Waals surface area contributed by atoms with Crippen molar-refractivity contribution in [3.05, 3.63) is 52.5 Å². The van der Waals surface area contributed by atoms with Gasteiger partial charge in [-0.25, -0.2) is 13.9 Å². The van der Waals surface area contributed by atoms with E-state index in [2.05, 4.69) is 15.6 Å². The summed E-state index contributed by atoms with van der Waals surface area (Å²) >= 11 is 5.33. The van der Waals surface area contributed by atoms with Crippen molar-refractivity contribution in [2.45, 2.75) is 25.4 Å². The number of carbonyl (C=O) groups excluding carboxylic acids is 2. The minimum Gasteiger partial charge on any atom is -0.493 e. The molecular weight excluding hydrogens is 435 g/mol. The van der Waals surface area contributed by atoms with Crippen LogP contribution in [-0.4, -0.2) is 41.6 Å². The van der Waals surface area contributed by atoms with Crippen molar-refractivity contribution >= 4 is 40.8 Å². The van der Waals surface area contributed by atoms with Crippen molar-refractivity contribution in [3.8, 4) is 11.5 Å². The molecule has 0 saturated heterocycles. The lowest BCUT2D eigenvalue weighted by molar-refractivity contribution is -0.121. The summed E-state index contributed by atoms with van der Waals surface area (Å²) in [6.45, 7) is 0.284. The second-order valence-electron chi connectivity index (χ2n) is 7.28. The topological polar surface area (TPSA) is 94.5 Å². The summed E-state index contributed by atoms with van der Waals surface area (Å²) in [5.41, 5.74) is 1.35. The highest BCUT2D eigenvalue weighted by atomic mass is 32.1. The van der Waals surface area contributed by atoms with Gasteiger partial charge in [0.25, 0.3) is 5.91 Å². The number of methoxy groups -OCH3 is 2. The number of aromatic nitrogens is 2. The summed E-state index contributed by atoms with van der Waals surface area (Å²) in [7, 11) is 3.05. The first kappa shape index (κ1) is 21.7. The Labute approximate surface area is 188 Å². The predicted molar refractivity (Wildman–Crippen MR) is 119 cm³/mol. The zero-order chi connectivity index (χ0) is 22.8. The monoisotopic (exact) mass is 456 g/mol. The summed E-state index contributed by atoms with van der Waals surface area (Å²) in [6.07, 6.45) is 0.410. The smallest absolute Gasteiger partial charge is 0.257 e. The zero-order valence-electron chi connectivity index (χ0n) is 17.5. The van der Waals surface area contributed by atoms with Gasteiger partial charge < -0.3 is 20.1 Å². The van der Waals surface area contributed by atoms with Crippen LogP contribution in [0.2, 0.25) is 0 Å². The maximum absolute atomic E-state index is 13.0. The first-order chi connectivity index (χ1) is 15.4. The molecule has 0 aliphatic carbocycles. The van der Waals surface area contributed by atoms with Gasteiger partial charge in [0, 0.05) is 24.4 Å². The Bertz CT molecular complexity index is 1260. The zero-order valence-corrected chi connectivity index (χ0v) is 18.3. The number of carbonyl (C=O) groups is 2. The molecule has 166 valence electrons. The number of fused-ring (bicyclic) bond motifs is 3. The molecule has 8 nitrogen and oxygen atoms in total. The summed E-state index contributed by atoms with van der Waals surface area (Å²) in [5, 5.41) is 6.62. The van der Waals surface area contributed by atoms with E-state index in [0.29, 0.717) is 28.2 Å². The predicted octanol–water partition coefficient (Wildman–Crippen LogP) is 3.45. The van der Waals surface area contributed by atoms with Crippen LogP contribution in [0.1, 0.15) is 23.2 Å². The van der Waals surface area contributed by atoms with Crippen molar-refractivity contribution in [2.24, 2.45) is 0 Å². The van der Waals surface area contributed by atoms with Crippen LogP contribution in [0.15, 0.2) is 36.4 Å². The van der Waals surface area contributed by atoms with E-state index in [1.54, 1.807) is 24.3 Å². The van der Waals surface area contributed by atoms with Gasteiger partial charge in [-0.2, -0.15) is 0 Å². The molecule has 0 radical (unpaired) electrons. The Hall–Kier alpha value is -3.53. The van der Waals surface area contributed by atoms with E-state index in [0.717, 1.165) is 5.56 Å². The number of hydrogen-bond donors (Lipinski definition) is 2. The summed E-state index contributed by atoms with van der Waals surface area (Å²) < 4.78 is 25.1. The molecule has 0 bridgehead atoms. The molecule has 1 amide bonds. The van der Waals surface area contributed by atoms with E-state index in [-0.39, 0.29) is 41.8 Å². The number of halogens is 1. The third-order valence-electron chi connectivity index (χ3n) is 5.28. The van der Waals surface area contributed by atoms with Crippen molar-refractivity contribution in [1.29, 1.82) is 0 Å². The van der Waals surface area contributed by atoms with Crippen LogP contribution >= 0.6 is 12.2 Å². The molecule has 4 rings (SSSR count). The molecule has 0 unspecified atom stereocenters. The van der Waals surface area contributed by atoms with Crippen molar-refractivity contribution < 1.29 is 23.5 Å². The van der Waals surface area contributed by atoms with Gasteiger partial charge in [-0.05, 0) is 42.4 Å². The highest BCUT2D eigenvalue weighted by molar-refractivity contribution is 7.71. The lowest BCUT2D eigenvalue weighted by Crippen LogP contribution is -2.29. The fraction of sp³-hybridized carbons (Fsp3) is 0.273. The third kappa shape index (κ3) is 4.13. The van der Waals surface area contributed by atoms with Gasteiger partial charge in [-0.1, -0.05) is 12.1 Å². The molecule has 10 heteroatoms. The molecule has 3 aromatic rings. The largest absolute Gasteiger partial charge is 0.493 e. The van der Waals surface area contributed by atoms with Gasteiger partial charge in [0.1, 0.15) is 17.7 Å². The highest BCUT2D eigenvalue weighted by Crippen LogP contribution is 2.36. The summed E-state index contributed by atoms with van der Waals surface area (Å²) in [5.74, 6) is 0.716. The van der Waals surface area contributed by atoms with E-state index in [4.69, 9.17) is 21.7 Å². The van der Waals surface area contributed by atoms with Crippen LogP contribution in [-0.2, 0) is 11.3 Å². The van der Waals surface area contributed by atoms with E-state index >= 15 is 0 Å². The second kappa shape index (κ2) is 8.91. The number of benzene rings is 2. The van der Waals surface area contributed by atoms with Gasteiger partial charge in [0.2, 0.25) is 10.7 Å². The van der Waals surface area contributed by atoms with Crippen LogP contribution < -0.4 is 20.1 Å². The molecule has 1 aliphatic rings. The van der Waals surface area contributed by atoms with E-state index < -0.39 is 6.04 Å². The number of anilines is 1. The van der Waals surface area contributed by atoms with Crippen LogP contribution in [0.3, 0.4) is 0 Å². The standard InChI is InChI=1S/C22H21FN4O4S/c1-30-17-9-14-16(10-18(17)31-2)26-22(32)27-20(14)25-15(21(27)29)7-8-19(28)24-11-12-3-5-13(23)6-4-12/h3-6,9-10,15,25H,7-8,11H2,1-2H3,(H,24,28)/t15-/m0/s1. The molecular formula is C22H21FN4O4S. The quantitative estimate of drug-likeness (QED) is 0.526. The number of hydrogen-bond acceptors (Lipinski definition) is 7. The van der Waals surface area contributed by atoms with Crippen molar-refractivity contribution in [3.63, 3.8) is 0 Å². The van der Waals surface area contributed by atoms with Crippen molar-refractivity contribution in [1.82, 2.24) is 14.9 Å². The van der Waals surface area contributed by atoms with Gasteiger partial charge in [0.05, 0.1) is 19.7 Å². The Balaban J connectivity index is 1.48. The molecule has 2 heterocycles. The van der Waals surface area contributed by atoms with Crippen LogP contribution in [0, 0.1) is 10.6 Å². The van der Waals surface area contributed by atoms with Gasteiger partial charge in [-0.3, -0.25) is 9.59 Å². The fourth-order valence-electron chi connectivity index (χ4n) is 3.61. The number of ether oxygens (including phenoxy) is 2. The van der Waals surface area contributed by atoms with Gasteiger partial charge in [0.15, 0.2) is 11.5 Å². The highest BCUT2D eigenvalue weighted by Gasteiger charge is 2.32. The number of amides is 1. The SMILES string of the molecule is COc1cc2nc(=S)n3c(c2cc1OC)N[C@@H](CCC(=O)NCc1ccc(F)cc1)C3=O. The lowest BCUT2D eigenvalue weighted by atomic mass is 10.1. The van der Waals surface area contributed by atoms with Crippen LogP contribution in [0.5, 0.6) is 11.5 Å². The Morgan fingerprint density at radius 2 is 1.91 bits per heavy atom.